The van der Waals surface area contributed by atoms with E-state index in [1.54, 1.807) is 0 Å². The van der Waals surface area contributed by atoms with Crippen LogP contribution < -0.4 is 0 Å². The minimum absolute atomic E-state index is 0.0101. The number of rotatable bonds is 38. The number of ether oxygens (including phenoxy) is 2. The number of unbranched alkanes of at least 4 members (excludes halogenated alkanes) is 19. The summed E-state index contributed by atoms with van der Waals surface area (Å²) in [5.74, 6) is -0.0262. The average Bonchev–Trinajstić information content (AvgIpc) is 3.08. The van der Waals surface area contributed by atoms with Gasteiger partial charge in [-0.1, -0.05) is 137 Å². The Morgan fingerprint density at radius 1 is 0.551 bits per heavy atom. The molecule has 0 aromatic heterocycles. The Labute approximate surface area is 305 Å². The molecule has 6 nitrogen and oxygen atoms in total. The Morgan fingerprint density at radius 2 is 0.980 bits per heavy atom. The van der Waals surface area contributed by atoms with Crippen LogP contribution in [0.15, 0.2) is 0 Å². The van der Waals surface area contributed by atoms with Gasteiger partial charge in [-0.25, -0.2) is 0 Å². The molecule has 0 spiro atoms. The number of aliphatic hydroxyl groups excluding tert-OH is 1. The molecule has 2 atom stereocenters. The van der Waals surface area contributed by atoms with Crippen LogP contribution in [0.5, 0.6) is 0 Å². The van der Waals surface area contributed by atoms with E-state index in [0.29, 0.717) is 12.8 Å². The molecule has 0 aromatic rings. The van der Waals surface area contributed by atoms with Crippen LogP contribution in [0.4, 0.5) is 0 Å². The third-order valence-corrected chi connectivity index (χ3v) is 10.4. The molecule has 0 aromatic carbocycles. The van der Waals surface area contributed by atoms with Crippen LogP contribution in [0.2, 0.25) is 0 Å². The molecule has 2 unspecified atom stereocenters. The summed E-state index contributed by atoms with van der Waals surface area (Å²) < 4.78 is 11.9. The highest BCUT2D eigenvalue weighted by atomic mass is 16.6. The van der Waals surface area contributed by atoms with Crippen molar-refractivity contribution in [3.8, 4) is 0 Å². The molecule has 0 heterocycles. The van der Waals surface area contributed by atoms with E-state index >= 15 is 0 Å². The van der Waals surface area contributed by atoms with Crippen molar-refractivity contribution in [3.05, 3.63) is 0 Å². The number of hydrogen-bond donors (Lipinski definition) is 1. The van der Waals surface area contributed by atoms with Crippen LogP contribution >= 0.6 is 0 Å². The molecule has 0 rings (SSSR count). The van der Waals surface area contributed by atoms with Crippen molar-refractivity contribution in [2.75, 3.05) is 26.2 Å². The van der Waals surface area contributed by atoms with Gasteiger partial charge in [0.2, 0.25) is 0 Å². The molecule has 0 saturated heterocycles. The van der Waals surface area contributed by atoms with E-state index in [9.17, 15) is 14.7 Å². The van der Waals surface area contributed by atoms with E-state index in [1.807, 2.05) is 0 Å². The molecular weight excluding hydrogens is 610 g/mol. The SMILES string of the molecule is CCCCCCCCC(CCCCCCC)OC(=O)CCCCCCCN(CCO)CCCCCCCC(=O)OC(C)(CC)CCCCC. The fraction of sp³-hybridized carbons (Fsp3) is 0.953. The maximum atomic E-state index is 12.7. The van der Waals surface area contributed by atoms with Crippen molar-refractivity contribution in [3.63, 3.8) is 0 Å². The number of esters is 2. The Balaban J connectivity index is 4.08. The van der Waals surface area contributed by atoms with Gasteiger partial charge in [0.25, 0.3) is 0 Å². The second kappa shape index (κ2) is 35.3. The lowest BCUT2D eigenvalue weighted by atomic mass is 9.95. The topological polar surface area (TPSA) is 76.1 Å². The largest absolute Gasteiger partial charge is 0.462 e. The van der Waals surface area contributed by atoms with Crippen LogP contribution in [-0.4, -0.2) is 59.9 Å². The van der Waals surface area contributed by atoms with Crippen LogP contribution in [0.25, 0.3) is 0 Å². The summed E-state index contributed by atoms with van der Waals surface area (Å²) >= 11 is 0. The van der Waals surface area contributed by atoms with Crippen molar-refractivity contribution >= 4 is 11.9 Å². The van der Waals surface area contributed by atoms with E-state index in [4.69, 9.17) is 9.47 Å². The van der Waals surface area contributed by atoms with Crippen LogP contribution in [0.1, 0.15) is 227 Å². The van der Waals surface area contributed by atoms with E-state index in [-0.39, 0.29) is 30.3 Å². The molecule has 49 heavy (non-hydrogen) atoms. The zero-order valence-corrected chi connectivity index (χ0v) is 33.6. The predicted octanol–water partition coefficient (Wildman–Crippen LogP) is 12.3. The van der Waals surface area contributed by atoms with Gasteiger partial charge in [-0.15, -0.1) is 0 Å². The summed E-state index contributed by atoms with van der Waals surface area (Å²) in [6.07, 6.45) is 33.5. The summed E-state index contributed by atoms with van der Waals surface area (Å²) in [7, 11) is 0. The minimum atomic E-state index is -0.306. The lowest BCUT2D eigenvalue weighted by molar-refractivity contribution is -0.159. The molecule has 0 saturated carbocycles. The van der Waals surface area contributed by atoms with Crippen molar-refractivity contribution < 1.29 is 24.2 Å². The fourth-order valence-electron chi connectivity index (χ4n) is 6.76. The normalized spacial score (nSPS) is 13.4. The van der Waals surface area contributed by atoms with Crippen molar-refractivity contribution in [1.82, 2.24) is 4.90 Å². The Morgan fingerprint density at radius 3 is 1.47 bits per heavy atom. The standard InChI is InChI=1S/C43H85NO5/c1-6-10-13-15-19-25-32-40(31-24-18-14-11-7-2)48-41(46)33-26-20-16-22-29-36-44(38-39-45)37-30-23-17-21-27-34-42(47)49-43(5,9-4)35-28-12-8-3/h40,45H,6-39H2,1-5H3. The van der Waals surface area contributed by atoms with Gasteiger partial charge in [0.05, 0.1) is 6.61 Å². The Hall–Kier alpha value is -1.14. The minimum Gasteiger partial charge on any atom is -0.462 e. The second-order valence-electron chi connectivity index (χ2n) is 15.2. The van der Waals surface area contributed by atoms with Gasteiger partial charge in [0.1, 0.15) is 11.7 Å². The van der Waals surface area contributed by atoms with Gasteiger partial charge < -0.3 is 19.5 Å². The monoisotopic (exact) mass is 696 g/mol. The summed E-state index contributed by atoms with van der Waals surface area (Å²) in [6.45, 7) is 13.9. The van der Waals surface area contributed by atoms with Gasteiger partial charge in [0, 0.05) is 19.4 Å². The van der Waals surface area contributed by atoms with Gasteiger partial charge >= 0.3 is 11.9 Å². The van der Waals surface area contributed by atoms with Crippen molar-refractivity contribution in [2.45, 2.75) is 239 Å². The molecule has 6 heteroatoms. The first kappa shape index (κ1) is 47.9. The zero-order chi connectivity index (χ0) is 36.3. The summed E-state index contributed by atoms with van der Waals surface area (Å²) in [5, 5.41) is 9.55. The molecule has 1 N–H and O–H groups in total. The number of carbonyl (C=O) groups is 2. The van der Waals surface area contributed by atoms with E-state index in [0.717, 1.165) is 110 Å². The van der Waals surface area contributed by atoms with E-state index < -0.39 is 0 Å². The van der Waals surface area contributed by atoms with Crippen molar-refractivity contribution in [2.24, 2.45) is 0 Å². The van der Waals surface area contributed by atoms with Gasteiger partial charge in [0.15, 0.2) is 0 Å². The number of aliphatic hydroxyl groups is 1. The molecule has 0 amide bonds. The Bertz CT molecular complexity index is 731. The average molecular weight is 696 g/mol. The number of carbonyl (C=O) groups excluding carboxylic acids is 2. The predicted molar refractivity (Wildman–Crippen MR) is 209 cm³/mol. The fourth-order valence-corrected chi connectivity index (χ4v) is 6.76. The quantitative estimate of drug-likeness (QED) is 0.0512. The molecule has 292 valence electrons. The highest BCUT2D eigenvalue weighted by Gasteiger charge is 2.25. The van der Waals surface area contributed by atoms with Crippen molar-refractivity contribution in [1.29, 1.82) is 0 Å². The molecular formula is C43H85NO5. The van der Waals surface area contributed by atoms with Crippen LogP contribution in [0, 0.1) is 0 Å². The maximum absolute atomic E-state index is 12.7. The van der Waals surface area contributed by atoms with Gasteiger partial charge in [-0.3, -0.25) is 9.59 Å². The number of nitrogens with zero attached hydrogens (tertiary/aromatic N) is 1. The lowest BCUT2D eigenvalue weighted by Crippen LogP contribution is -2.31. The molecule has 0 bridgehead atoms. The molecule has 0 radical (unpaired) electrons. The van der Waals surface area contributed by atoms with E-state index in [1.165, 1.54) is 89.9 Å². The summed E-state index contributed by atoms with van der Waals surface area (Å²) in [5.41, 5.74) is -0.306. The summed E-state index contributed by atoms with van der Waals surface area (Å²) in [6, 6.07) is 0. The highest BCUT2D eigenvalue weighted by molar-refractivity contribution is 5.70. The van der Waals surface area contributed by atoms with Crippen LogP contribution in [-0.2, 0) is 19.1 Å². The maximum Gasteiger partial charge on any atom is 0.306 e. The van der Waals surface area contributed by atoms with Gasteiger partial charge in [-0.2, -0.15) is 0 Å². The first-order valence-electron chi connectivity index (χ1n) is 21.6. The Kier molecular flexibility index (Phi) is 34.5. The molecule has 0 aliphatic rings. The first-order chi connectivity index (χ1) is 23.8. The summed E-state index contributed by atoms with van der Waals surface area (Å²) in [4.78, 5) is 27.4. The number of hydrogen-bond acceptors (Lipinski definition) is 6. The third kappa shape index (κ3) is 31.3. The zero-order valence-electron chi connectivity index (χ0n) is 33.6. The molecule has 0 aliphatic heterocycles. The van der Waals surface area contributed by atoms with Gasteiger partial charge in [-0.05, 0) is 90.6 Å². The smallest absolute Gasteiger partial charge is 0.306 e. The molecule has 0 fully saturated rings. The van der Waals surface area contributed by atoms with Crippen LogP contribution in [0.3, 0.4) is 0 Å². The molecule has 0 aliphatic carbocycles. The second-order valence-corrected chi connectivity index (χ2v) is 15.2. The highest BCUT2D eigenvalue weighted by Crippen LogP contribution is 2.24. The lowest BCUT2D eigenvalue weighted by Gasteiger charge is -2.28. The first-order valence-corrected chi connectivity index (χ1v) is 21.6. The van der Waals surface area contributed by atoms with E-state index in [2.05, 4.69) is 39.5 Å². The third-order valence-electron chi connectivity index (χ3n) is 10.4.